The Morgan fingerprint density at radius 1 is 1.32 bits per heavy atom. The Bertz CT molecular complexity index is 402. The topological polar surface area (TPSA) is 85.0 Å². The zero-order valence-electron chi connectivity index (χ0n) is 14.4. The third kappa shape index (κ3) is 5.05. The van der Waals surface area contributed by atoms with E-state index in [-0.39, 0.29) is 30.3 Å². The molecule has 1 fully saturated rings. The van der Waals surface area contributed by atoms with Crippen molar-refractivity contribution < 1.29 is 19.5 Å². The summed E-state index contributed by atoms with van der Waals surface area (Å²) < 4.78 is 4.92. The van der Waals surface area contributed by atoms with Crippen LogP contribution in [-0.4, -0.2) is 52.6 Å². The highest BCUT2D eigenvalue weighted by Gasteiger charge is 2.45. The Labute approximate surface area is 133 Å². The fraction of sp³-hybridized carbons (Fsp3) is 0.812. The number of esters is 1. The van der Waals surface area contributed by atoms with Crippen LogP contribution in [0.2, 0.25) is 0 Å². The molecule has 6 heteroatoms. The van der Waals surface area contributed by atoms with Crippen LogP contribution in [0.3, 0.4) is 0 Å². The van der Waals surface area contributed by atoms with Crippen molar-refractivity contribution in [3.05, 3.63) is 12.2 Å². The Morgan fingerprint density at radius 3 is 2.27 bits per heavy atom. The molecule has 1 rings (SSSR count). The molecule has 0 amide bonds. The second-order valence-electron chi connectivity index (χ2n) is 7.42. The quantitative estimate of drug-likeness (QED) is 0.569. The van der Waals surface area contributed by atoms with E-state index in [4.69, 9.17) is 15.3 Å². The van der Waals surface area contributed by atoms with Crippen LogP contribution in [0.1, 0.15) is 47.5 Å². The molecule has 0 aromatic rings. The van der Waals surface area contributed by atoms with Crippen LogP contribution in [-0.2, 0) is 14.4 Å². The number of rotatable bonds is 6. The van der Waals surface area contributed by atoms with Gasteiger partial charge in [-0.1, -0.05) is 6.58 Å². The van der Waals surface area contributed by atoms with E-state index in [1.807, 2.05) is 5.06 Å². The van der Waals surface area contributed by atoms with Crippen LogP contribution in [0.25, 0.3) is 0 Å². The Hall–Kier alpha value is -0.950. The van der Waals surface area contributed by atoms with E-state index in [1.165, 1.54) is 0 Å². The molecule has 0 aliphatic carbocycles. The Morgan fingerprint density at radius 2 is 1.82 bits per heavy atom. The summed E-state index contributed by atoms with van der Waals surface area (Å²) in [5.74, 6) is -0.511. The molecule has 0 aromatic heterocycles. The van der Waals surface area contributed by atoms with E-state index < -0.39 is 12.1 Å². The number of hydrogen-bond acceptors (Lipinski definition) is 6. The van der Waals surface area contributed by atoms with Gasteiger partial charge >= 0.3 is 5.97 Å². The molecule has 1 saturated heterocycles. The van der Waals surface area contributed by atoms with Crippen LogP contribution in [0.4, 0.5) is 0 Å². The van der Waals surface area contributed by atoms with Crippen molar-refractivity contribution in [2.45, 2.75) is 70.7 Å². The number of ether oxygens (including phenoxy) is 1. The molecule has 1 unspecified atom stereocenters. The second kappa shape index (κ2) is 7.08. The van der Waals surface area contributed by atoms with Gasteiger partial charge in [0, 0.05) is 22.7 Å². The molecule has 1 heterocycles. The number of carbonyl (C=O) groups excluding carboxylic acids is 1. The van der Waals surface area contributed by atoms with Gasteiger partial charge in [-0.15, -0.1) is 0 Å². The molecule has 22 heavy (non-hydrogen) atoms. The first-order chi connectivity index (χ1) is 9.95. The number of carbonyl (C=O) groups is 1. The lowest BCUT2D eigenvalue weighted by Gasteiger charge is -2.53. The summed E-state index contributed by atoms with van der Waals surface area (Å²) in [6, 6.07) is 0.131. The molecule has 1 aliphatic rings. The van der Waals surface area contributed by atoms with Gasteiger partial charge in [-0.25, -0.2) is 4.79 Å². The van der Waals surface area contributed by atoms with Gasteiger partial charge in [0.1, 0.15) is 12.7 Å². The minimum absolute atomic E-state index is 0.0611. The normalized spacial score (nSPS) is 23.0. The standard InChI is InChI=1S/C16H30N2O4/c1-11(2)14(20)21-9-13(19)10-22-18-15(3,4)7-12(17)8-16(18,5)6/h12-13,19H,1,7-10,17H2,2-6H3. The first-order valence-electron chi connectivity index (χ1n) is 7.65. The van der Waals surface area contributed by atoms with Crippen molar-refractivity contribution in [3.8, 4) is 0 Å². The maximum Gasteiger partial charge on any atom is 0.333 e. The average Bonchev–Trinajstić information content (AvgIpc) is 2.32. The fourth-order valence-corrected chi connectivity index (χ4v) is 3.19. The number of aliphatic hydroxyl groups excluding tert-OH is 1. The van der Waals surface area contributed by atoms with Crippen LogP contribution in [0.15, 0.2) is 12.2 Å². The zero-order valence-corrected chi connectivity index (χ0v) is 14.4. The molecule has 0 bridgehead atoms. The number of piperidine rings is 1. The van der Waals surface area contributed by atoms with Gasteiger partial charge in [0.2, 0.25) is 0 Å². The Kier molecular flexibility index (Phi) is 6.15. The molecule has 6 nitrogen and oxygen atoms in total. The van der Waals surface area contributed by atoms with Gasteiger partial charge < -0.3 is 15.6 Å². The van der Waals surface area contributed by atoms with E-state index in [2.05, 4.69) is 34.3 Å². The molecular weight excluding hydrogens is 284 g/mol. The van der Waals surface area contributed by atoms with Crippen LogP contribution < -0.4 is 5.73 Å². The molecule has 0 aromatic carbocycles. The summed E-state index contributed by atoms with van der Waals surface area (Å²) in [6.07, 6.45) is 0.749. The predicted molar refractivity (Wildman–Crippen MR) is 84.9 cm³/mol. The first kappa shape index (κ1) is 19.1. The van der Waals surface area contributed by atoms with E-state index in [0.29, 0.717) is 5.57 Å². The molecule has 3 N–H and O–H groups in total. The molecule has 0 saturated carbocycles. The van der Waals surface area contributed by atoms with Crippen molar-refractivity contribution in [2.24, 2.45) is 5.73 Å². The number of hydrogen-bond donors (Lipinski definition) is 2. The average molecular weight is 314 g/mol. The summed E-state index contributed by atoms with van der Waals surface area (Å²) >= 11 is 0. The smallest absolute Gasteiger partial charge is 0.333 e. The maximum absolute atomic E-state index is 11.3. The summed E-state index contributed by atoms with van der Waals surface area (Å²) in [5.41, 5.74) is 5.97. The molecule has 0 radical (unpaired) electrons. The van der Waals surface area contributed by atoms with Gasteiger partial charge in [0.15, 0.2) is 0 Å². The number of hydroxylamine groups is 2. The third-order valence-corrected chi connectivity index (χ3v) is 3.77. The van der Waals surface area contributed by atoms with Crippen molar-refractivity contribution in [3.63, 3.8) is 0 Å². The first-order valence-corrected chi connectivity index (χ1v) is 7.65. The van der Waals surface area contributed by atoms with E-state index in [9.17, 15) is 9.90 Å². The summed E-state index contributed by atoms with van der Waals surface area (Å²) in [5, 5.41) is 11.8. The van der Waals surface area contributed by atoms with Crippen LogP contribution >= 0.6 is 0 Å². The number of aliphatic hydroxyl groups is 1. The monoisotopic (exact) mass is 314 g/mol. The van der Waals surface area contributed by atoms with E-state index >= 15 is 0 Å². The highest BCUT2D eigenvalue weighted by atomic mass is 16.7. The molecule has 128 valence electrons. The van der Waals surface area contributed by atoms with Crippen molar-refractivity contribution in [1.29, 1.82) is 0 Å². The summed E-state index contributed by atoms with van der Waals surface area (Å²) in [4.78, 5) is 17.1. The van der Waals surface area contributed by atoms with Crippen molar-refractivity contribution in [1.82, 2.24) is 5.06 Å². The van der Waals surface area contributed by atoms with Gasteiger partial charge in [-0.2, -0.15) is 5.06 Å². The maximum atomic E-state index is 11.3. The number of nitrogens with zero attached hydrogens (tertiary/aromatic N) is 1. The fourth-order valence-electron chi connectivity index (χ4n) is 3.19. The Balaban J connectivity index is 2.54. The second-order valence-corrected chi connectivity index (χ2v) is 7.42. The van der Waals surface area contributed by atoms with Gasteiger partial charge in [0.05, 0.1) is 6.61 Å². The highest BCUT2D eigenvalue weighted by Crippen LogP contribution is 2.37. The number of nitrogens with two attached hydrogens (primary N) is 1. The van der Waals surface area contributed by atoms with E-state index in [1.54, 1.807) is 6.92 Å². The summed E-state index contributed by atoms with van der Waals surface area (Å²) in [7, 11) is 0. The minimum Gasteiger partial charge on any atom is -0.460 e. The van der Waals surface area contributed by atoms with Crippen molar-refractivity contribution >= 4 is 5.97 Å². The lowest BCUT2D eigenvalue weighted by Crippen LogP contribution is -2.63. The summed E-state index contributed by atoms with van der Waals surface area (Å²) in [6.45, 7) is 13.3. The third-order valence-electron chi connectivity index (χ3n) is 3.77. The molecular formula is C16H30N2O4. The van der Waals surface area contributed by atoms with Crippen molar-refractivity contribution in [2.75, 3.05) is 13.2 Å². The predicted octanol–water partition coefficient (Wildman–Crippen LogP) is 1.38. The largest absolute Gasteiger partial charge is 0.460 e. The van der Waals surface area contributed by atoms with E-state index in [0.717, 1.165) is 12.8 Å². The molecule has 1 aliphatic heterocycles. The van der Waals surface area contributed by atoms with Gasteiger partial charge in [-0.3, -0.25) is 4.84 Å². The zero-order chi connectivity index (χ0) is 17.1. The lowest BCUT2D eigenvalue weighted by atomic mass is 9.79. The molecule has 1 atom stereocenters. The van der Waals surface area contributed by atoms with Gasteiger partial charge in [-0.05, 0) is 47.5 Å². The minimum atomic E-state index is -0.884. The molecule has 0 spiro atoms. The van der Waals surface area contributed by atoms with Crippen LogP contribution in [0.5, 0.6) is 0 Å². The highest BCUT2D eigenvalue weighted by molar-refractivity contribution is 5.86. The van der Waals surface area contributed by atoms with Gasteiger partial charge in [0.25, 0.3) is 0 Å². The van der Waals surface area contributed by atoms with Crippen LogP contribution in [0, 0.1) is 0 Å². The SMILES string of the molecule is C=C(C)C(=O)OCC(O)CON1C(C)(C)CC(N)CC1(C)C. The lowest BCUT2D eigenvalue weighted by molar-refractivity contribution is -0.292.